The molecule has 1 atom stereocenters. The fourth-order valence-electron chi connectivity index (χ4n) is 4.33. The predicted octanol–water partition coefficient (Wildman–Crippen LogP) is 8.02. The Morgan fingerprint density at radius 3 is 1.79 bits per heavy atom. The lowest BCUT2D eigenvalue weighted by atomic mass is 10.0. The number of aromatic nitrogens is 2. The molecule has 1 aromatic rings. The van der Waals surface area contributed by atoms with Crippen molar-refractivity contribution in [2.45, 2.75) is 129 Å². The molecule has 0 radical (unpaired) electrons. The Bertz CT molecular complexity index is 582. The summed E-state index contributed by atoms with van der Waals surface area (Å²) in [7, 11) is 0. The molecule has 0 aromatic carbocycles. The first-order chi connectivity index (χ1) is 18.9. The minimum absolute atomic E-state index is 0.0567. The Hall–Kier alpha value is -0.890. The third-order valence-electron chi connectivity index (χ3n) is 6.59. The maximum absolute atomic E-state index is 8.79. The first kappa shape index (κ1) is 35.1. The van der Waals surface area contributed by atoms with Crippen LogP contribution in [0, 0.1) is 0 Å². The third-order valence-corrected chi connectivity index (χ3v) is 7.77. The van der Waals surface area contributed by atoms with Gasteiger partial charge in [-0.25, -0.2) is 9.97 Å². The maximum Gasteiger partial charge on any atom is 0.316 e. The highest BCUT2D eigenvalue weighted by atomic mass is 32.2. The molecule has 0 amide bonds. The lowest BCUT2D eigenvalue weighted by Crippen LogP contribution is -2.27. The lowest BCUT2D eigenvalue weighted by Gasteiger charge is -2.17. The van der Waals surface area contributed by atoms with E-state index >= 15 is 0 Å². The highest BCUT2D eigenvalue weighted by Crippen LogP contribution is 2.14. The van der Waals surface area contributed by atoms with Crippen molar-refractivity contribution >= 4 is 11.8 Å². The summed E-state index contributed by atoms with van der Waals surface area (Å²) < 4.78 is 17.4. The number of aliphatic hydroxyl groups excluding tert-OH is 1. The van der Waals surface area contributed by atoms with Gasteiger partial charge in [0.05, 0.1) is 6.61 Å². The number of ether oxygens (including phenoxy) is 3. The van der Waals surface area contributed by atoms with Crippen molar-refractivity contribution in [3.05, 3.63) is 18.5 Å². The van der Waals surface area contributed by atoms with Crippen molar-refractivity contribution in [3.63, 3.8) is 0 Å². The van der Waals surface area contributed by atoms with E-state index in [2.05, 4.69) is 16.9 Å². The first-order valence-corrected chi connectivity index (χ1v) is 16.8. The second-order valence-electron chi connectivity index (χ2n) is 10.3. The quantitative estimate of drug-likeness (QED) is 0.0965. The third kappa shape index (κ3) is 24.2. The van der Waals surface area contributed by atoms with Gasteiger partial charge < -0.3 is 19.3 Å². The molecule has 7 heteroatoms. The minimum Gasteiger partial charge on any atom is -0.457 e. The number of aliphatic hydroxyl groups is 1. The standard InChI is InChI=1S/C31H58N2O4S/c1-2-3-4-5-6-7-8-9-10-11-12-13-14-15-16-17-24-36-28-30(37-31-32-21-18-22-33-31)29-38-27-20-26-35-25-19-23-34/h18,21-22,30,34H,2-17,19-20,23-29H2,1H3. The predicted molar refractivity (Wildman–Crippen MR) is 161 cm³/mol. The van der Waals surface area contributed by atoms with Gasteiger partial charge in [-0.15, -0.1) is 0 Å². The maximum atomic E-state index is 8.79. The Balaban J connectivity index is 1.97. The van der Waals surface area contributed by atoms with E-state index in [-0.39, 0.29) is 12.7 Å². The molecule has 1 N–H and O–H groups in total. The molecule has 1 heterocycles. The van der Waals surface area contributed by atoms with E-state index in [4.69, 9.17) is 19.3 Å². The summed E-state index contributed by atoms with van der Waals surface area (Å²) in [6, 6.07) is 2.21. The van der Waals surface area contributed by atoms with Crippen LogP contribution >= 0.6 is 11.8 Å². The Labute approximate surface area is 238 Å². The van der Waals surface area contributed by atoms with Gasteiger partial charge in [0, 0.05) is 44.6 Å². The summed E-state index contributed by atoms with van der Waals surface area (Å²) in [5.74, 6) is 1.85. The minimum atomic E-state index is -0.0567. The highest BCUT2D eigenvalue weighted by Gasteiger charge is 2.13. The Morgan fingerprint density at radius 1 is 0.684 bits per heavy atom. The SMILES string of the molecule is CCCCCCCCCCCCCCCCCCOCC(CSCCCOCCCO)Oc1ncccn1. The molecular weight excluding hydrogens is 496 g/mol. The molecule has 0 aliphatic rings. The topological polar surface area (TPSA) is 73.7 Å². The van der Waals surface area contributed by atoms with Crippen LogP contribution in [0.15, 0.2) is 18.5 Å². The van der Waals surface area contributed by atoms with Crippen LogP contribution in [0.5, 0.6) is 6.01 Å². The van der Waals surface area contributed by atoms with Crippen LogP contribution < -0.4 is 4.74 Å². The second kappa shape index (κ2) is 29.1. The molecule has 0 saturated heterocycles. The molecule has 0 spiro atoms. The summed E-state index contributed by atoms with van der Waals surface area (Å²) in [4.78, 5) is 8.39. The summed E-state index contributed by atoms with van der Waals surface area (Å²) in [6.45, 7) is 5.19. The van der Waals surface area contributed by atoms with Gasteiger partial charge in [0.1, 0.15) is 6.10 Å². The summed E-state index contributed by atoms with van der Waals surface area (Å²) in [6.07, 6.45) is 27.1. The monoisotopic (exact) mass is 554 g/mol. The molecule has 1 unspecified atom stereocenters. The van der Waals surface area contributed by atoms with Crippen LogP contribution in [-0.4, -0.2) is 65.7 Å². The number of rotatable bonds is 30. The van der Waals surface area contributed by atoms with Crippen molar-refractivity contribution in [3.8, 4) is 6.01 Å². The van der Waals surface area contributed by atoms with Gasteiger partial charge in [0.2, 0.25) is 0 Å². The smallest absolute Gasteiger partial charge is 0.316 e. The van der Waals surface area contributed by atoms with E-state index in [0.29, 0.717) is 25.6 Å². The van der Waals surface area contributed by atoms with Gasteiger partial charge >= 0.3 is 6.01 Å². The molecular formula is C31H58N2O4S. The molecule has 222 valence electrons. The van der Waals surface area contributed by atoms with E-state index in [1.54, 1.807) is 18.5 Å². The average molecular weight is 555 g/mol. The van der Waals surface area contributed by atoms with Crippen molar-refractivity contribution in [2.24, 2.45) is 0 Å². The van der Waals surface area contributed by atoms with Crippen LogP contribution in [0.25, 0.3) is 0 Å². The molecule has 0 bridgehead atoms. The number of hydrogen-bond donors (Lipinski definition) is 1. The van der Waals surface area contributed by atoms with Crippen LogP contribution in [-0.2, 0) is 9.47 Å². The number of unbranched alkanes of at least 4 members (excludes halogenated alkanes) is 15. The zero-order chi connectivity index (χ0) is 27.2. The number of nitrogens with zero attached hydrogens (tertiary/aromatic N) is 2. The van der Waals surface area contributed by atoms with E-state index in [1.165, 1.54) is 96.3 Å². The first-order valence-electron chi connectivity index (χ1n) is 15.6. The van der Waals surface area contributed by atoms with Crippen molar-refractivity contribution in [2.75, 3.05) is 44.5 Å². The molecule has 6 nitrogen and oxygen atoms in total. The van der Waals surface area contributed by atoms with Crippen molar-refractivity contribution in [1.82, 2.24) is 9.97 Å². The van der Waals surface area contributed by atoms with Gasteiger partial charge in [0.15, 0.2) is 0 Å². The molecule has 0 fully saturated rings. The van der Waals surface area contributed by atoms with Crippen LogP contribution in [0.2, 0.25) is 0 Å². The molecule has 0 aliphatic carbocycles. The lowest BCUT2D eigenvalue weighted by molar-refractivity contribution is 0.0541. The fourth-order valence-corrected chi connectivity index (χ4v) is 5.24. The average Bonchev–Trinajstić information content (AvgIpc) is 2.94. The molecule has 1 aromatic heterocycles. The largest absolute Gasteiger partial charge is 0.457 e. The van der Waals surface area contributed by atoms with Gasteiger partial charge in [-0.2, -0.15) is 11.8 Å². The summed E-state index contributed by atoms with van der Waals surface area (Å²) in [5.41, 5.74) is 0. The second-order valence-corrected chi connectivity index (χ2v) is 11.4. The fraction of sp³-hybridized carbons (Fsp3) is 0.871. The van der Waals surface area contributed by atoms with Crippen LogP contribution in [0.3, 0.4) is 0 Å². The summed E-state index contributed by atoms with van der Waals surface area (Å²) >= 11 is 1.84. The normalized spacial score (nSPS) is 12.2. The van der Waals surface area contributed by atoms with Crippen LogP contribution in [0.1, 0.15) is 122 Å². The van der Waals surface area contributed by atoms with Crippen LogP contribution in [0.4, 0.5) is 0 Å². The van der Waals surface area contributed by atoms with E-state index in [0.717, 1.165) is 37.6 Å². The van der Waals surface area contributed by atoms with E-state index in [9.17, 15) is 0 Å². The number of hydrogen-bond acceptors (Lipinski definition) is 7. The zero-order valence-corrected chi connectivity index (χ0v) is 25.3. The Morgan fingerprint density at radius 2 is 1.21 bits per heavy atom. The van der Waals surface area contributed by atoms with Gasteiger partial charge in [-0.1, -0.05) is 103 Å². The summed E-state index contributed by atoms with van der Waals surface area (Å²) in [5, 5.41) is 8.79. The number of thioether (sulfide) groups is 1. The molecule has 38 heavy (non-hydrogen) atoms. The highest BCUT2D eigenvalue weighted by molar-refractivity contribution is 7.99. The van der Waals surface area contributed by atoms with Gasteiger partial charge in [-0.3, -0.25) is 0 Å². The van der Waals surface area contributed by atoms with Gasteiger partial charge in [-0.05, 0) is 31.1 Å². The zero-order valence-electron chi connectivity index (χ0n) is 24.5. The molecule has 0 saturated carbocycles. The molecule has 1 rings (SSSR count). The van der Waals surface area contributed by atoms with Crippen molar-refractivity contribution < 1.29 is 19.3 Å². The van der Waals surface area contributed by atoms with E-state index in [1.807, 2.05) is 11.8 Å². The molecule has 0 aliphatic heterocycles. The van der Waals surface area contributed by atoms with Crippen molar-refractivity contribution in [1.29, 1.82) is 0 Å². The van der Waals surface area contributed by atoms with Gasteiger partial charge in [0.25, 0.3) is 0 Å². The van der Waals surface area contributed by atoms with E-state index < -0.39 is 0 Å². The Kier molecular flexibility index (Phi) is 26.9.